The molecule has 21 nitrogen and oxygen atoms in total. The Bertz CT molecular complexity index is 2270. The second-order valence-electron chi connectivity index (χ2n) is 11.8. The zero-order chi connectivity index (χ0) is 40.3. The fraction of sp³-hybridized carbons (Fsp3) is 0.143. The molecule has 3 aromatic carbocycles. The van der Waals surface area contributed by atoms with E-state index in [1.54, 1.807) is 42.6 Å². The number of rotatable bonds is 9. The summed E-state index contributed by atoms with van der Waals surface area (Å²) >= 11 is 0. The van der Waals surface area contributed by atoms with Gasteiger partial charge in [0.1, 0.15) is 37.4 Å². The summed E-state index contributed by atoms with van der Waals surface area (Å²) < 4.78 is 2.61. The SMILES string of the molecule is CCn1ccnc1[N+](=O)[O-].O=C1c2ccccc2C(=O)N1C[C@H](Cn1ccnc1[N+](=O)[O-])ON1C(=O)c2ccccc2C1=O.O=C1c2ccccc2C(=O)N1O.[HH]. The number of amides is 6. The Balaban J connectivity index is 0.000000219. The Morgan fingerprint density at radius 1 is 0.625 bits per heavy atom. The highest BCUT2D eigenvalue weighted by molar-refractivity contribution is 6.22. The standard InChI is InChI=1S/C22H15N5O7.C8H5NO3.C5H7N3O2.H2/c28-18-14-5-1-2-6-15(14)19(29)25(18)12-13(11-24-10-9-23-22(24)27(32)33)34-26-20(30)16-7-3-4-8-17(16)21(26)31;10-7-5-3-1-2-4-6(5)8(11)9(7)12;1-2-7-4-3-6-5(7)8(9)10;/h1-10,13H,11-12H2;1-4,12H;3-4H,2H2,1H3;1H/t13-;;;/m0.../s1. The zero-order valence-corrected chi connectivity index (χ0v) is 28.9. The van der Waals surface area contributed by atoms with Crippen molar-refractivity contribution in [1.82, 2.24) is 34.1 Å². The molecule has 0 saturated carbocycles. The molecule has 2 aromatic heterocycles. The van der Waals surface area contributed by atoms with Crippen molar-refractivity contribution in [1.29, 1.82) is 0 Å². The average molecular weight is 768 g/mol. The summed E-state index contributed by atoms with van der Waals surface area (Å²) in [6, 6.07) is 18.7. The Morgan fingerprint density at radius 2 is 1.00 bits per heavy atom. The van der Waals surface area contributed by atoms with Gasteiger partial charge in [-0.1, -0.05) is 46.4 Å². The molecule has 3 aliphatic rings. The Morgan fingerprint density at radius 3 is 1.39 bits per heavy atom. The molecule has 6 amide bonds. The van der Waals surface area contributed by atoms with Crippen LogP contribution in [-0.4, -0.2) is 97.3 Å². The van der Waals surface area contributed by atoms with E-state index in [4.69, 9.17) is 10.0 Å². The first-order valence-corrected chi connectivity index (χ1v) is 16.4. The molecule has 0 aliphatic carbocycles. The van der Waals surface area contributed by atoms with Crippen LogP contribution in [0.15, 0.2) is 97.6 Å². The fourth-order valence-electron chi connectivity index (χ4n) is 5.88. The topological polar surface area (TPSA) is 264 Å². The Labute approximate surface area is 315 Å². The maximum atomic E-state index is 12.8. The second kappa shape index (κ2) is 15.7. The molecule has 0 bridgehead atoms. The van der Waals surface area contributed by atoms with Crippen LogP contribution in [0.4, 0.5) is 11.9 Å². The minimum Gasteiger partial charge on any atom is -0.390 e. The van der Waals surface area contributed by atoms with Gasteiger partial charge in [0.15, 0.2) is 0 Å². The molecular formula is C35H29N9O12. The van der Waals surface area contributed by atoms with E-state index in [1.165, 1.54) is 59.6 Å². The number of nitrogens with zero attached hydrogens (tertiary/aromatic N) is 9. The van der Waals surface area contributed by atoms with E-state index in [1.807, 2.05) is 6.92 Å². The number of hydrogen-bond donors (Lipinski definition) is 1. The summed E-state index contributed by atoms with van der Waals surface area (Å²) in [6.07, 6.45) is 4.34. The van der Waals surface area contributed by atoms with Gasteiger partial charge in [-0.15, -0.1) is 10.1 Å². The van der Waals surface area contributed by atoms with Gasteiger partial charge < -0.3 is 20.2 Å². The second-order valence-corrected chi connectivity index (χ2v) is 11.8. The van der Waals surface area contributed by atoms with Crippen molar-refractivity contribution >= 4 is 47.3 Å². The summed E-state index contributed by atoms with van der Waals surface area (Å²) in [7, 11) is 0. The molecule has 5 heterocycles. The van der Waals surface area contributed by atoms with Crippen molar-refractivity contribution < 1.29 is 50.1 Å². The maximum Gasteiger partial charge on any atom is 0.434 e. The van der Waals surface area contributed by atoms with Crippen LogP contribution in [0.3, 0.4) is 0 Å². The molecule has 1 atom stereocenters. The Hall–Kier alpha value is -7.78. The lowest BCUT2D eigenvalue weighted by atomic mass is 10.1. The van der Waals surface area contributed by atoms with Gasteiger partial charge in [-0.3, -0.25) is 43.7 Å². The fourth-order valence-corrected chi connectivity index (χ4v) is 5.88. The summed E-state index contributed by atoms with van der Waals surface area (Å²) in [5.41, 5.74) is 1.21. The lowest BCUT2D eigenvalue weighted by Crippen LogP contribution is -2.44. The predicted molar refractivity (Wildman–Crippen MR) is 188 cm³/mol. The van der Waals surface area contributed by atoms with E-state index in [2.05, 4.69) is 9.97 Å². The third kappa shape index (κ3) is 7.12. The van der Waals surface area contributed by atoms with Crippen LogP contribution in [0.25, 0.3) is 0 Å². The third-order valence-electron chi connectivity index (χ3n) is 8.50. The summed E-state index contributed by atoms with van der Waals surface area (Å²) in [4.78, 5) is 107. The van der Waals surface area contributed by atoms with Crippen LogP contribution in [0, 0.1) is 20.2 Å². The van der Waals surface area contributed by atoms with Crippen LogP contribution in [-0.2, 0) is 17.9 Å². The highest BCUT2D eigenvalue weighted by atomic mass is 16.7. The molecule has 21 heteroatoms. The average Bonchev–Trinajstić information content (AvgIpc) is 4.02. The van der Waals surface area contributed by atoms with Crippen molar-refractivity contribution in [2.45, 2.75) is 26.1 Å². The van der Waals surface area contributed by atoms with E-state index < -0.39 is 57.3 Å². The van der Waals surface area contributed by atoms with Crippen LogP contribution in [0.5, 0.6) is 0 Å². The molecule has 8 rings (SSSR count). The number of aromatic nitrogens is 4. The molecule has 0 fully saturated rings. The van der Waals surface area contributed by atoms with E-state index in [9.17, 15) is 49.0 Å². The quantitative estimate of drug-likeness (QED) is 0.0975. The number of carbonyl (C=O) groups is 6. The first kappa shape index (κ1) is 38.0. The number of benzene rings is 3. The summed E-state index contributed by atoms with van der Waals surface area (Å²) in [5.74, 6) is -4.48. The monoisotopic (exact) mass is 767 g/mol. The lowest BCUT2D eigenvalue weighted by Gasteiger charge is -2.25. The van der Waals surface area contributed by atoms with Gasteiger partial charge >= 0.3 is 11.9 Å². The van der Waals surface area contributed by atoms with Gasteiger partial charge in [-0.05, 0) is 53.2 Å². The smallest absolute Gasteiger partial charge is 0.390 e. The maximum absolute atomic E-state index is 12.8. The Kier molecular flexibility index (Phi) is 10.6. The van der Waals surface area contributed by atoms with Gasteiger partial charge in [0, 0.05) is 1.43 Å². The largest absolute Gasteiger partial charge is 0.434 e. The molecule has 0 radical (unpaired) electrons. The summed E-state index contributed by atoms with van der Waals surface area (Å²) in [6.45, 7) is 1.78. The van der Waals surface area contributed by atoms with E-state index in [0.717, 1.165) is 9.47 Å². The number of hydroxylamine groups is 4. The third-order valence-corrected chi connectivity index (χ3v) is 8.50. The first-order chi connectivity index (χ1) is 26.8. The van der Waals surface area contributed by atoms with Crippen molar-refractivity contribution in [3.63, 3.8) is 0 Å². The predicted octanol–water partition coefficient (Wildman–Crippen LogP) is 3.41. The van der Waals surface area contributed by atoms with Crippen LogP contribution >= 0.6 is 0 Å². The van der Waals surface area contributed by atoms with Crippen LogP contribution in [0.1, 0.15) is 70.5 Å². The molecule has 56 heavy (non-hydrogen) atoms. The van der Waals surface area contributed by atoms with Gasteiger partial charge in [0.2, 0.25) is 0 Å². The van der Waals surface area contributed by atoms with E-state index in [-0.39, 0.29) is 58.9 Å². The number of aryl methyl sites for hydroxylation is 1. The van der Waals surface area contributed by atoms with Gasteiger partial charge in [-0.2, -0.15) is 0 Å². The molecule has 286 valence electrons. The molecule has 3 aliphatic heterocycles. The van der Waals surface area contributed by atoms with Crippen molar-refractivity contribution in [2.24, 2.45) is 0 Å². The molecular weight excluding hydrogens is 738 g/mol. The lowest BCUT2D eigenvalue weighted by molar-refractivity contribution is -0.397. The summed E-state index contributed by atoms with van der Waals surface area (Å²) in [5, 5.41) is 31.1. The number of imidazole rings is 2. The van der Waals surface area contributed by atoms with Crippen molar-refractivity contribution in [2.75, 3.05) is 6.54 Å². The molecule has 0 spiro atoms. The van der Waals surface area contributed by atoms with Crippen molar-refractivity contribution in [3.05, 3.63) is 151 Å². The minimum atomic E-state index is -1.18. The highest BCUT2D eigenvalue weighted by Gasteiger charge is 2.42. The van der Waals surface area contributed by atoms with Gasteiger partial charge in [-0.25, -0.2) is 9.13 Å². The molecule has 0 saturated heterocycles. The molecule has 1 N–H and O–H groups in total. The number of nitro groups is 2. The number of imide groups is 3. The zero-order valence-electron chi connectivity index (χ0n) is 28.9. The van der Waals surface area contributed by atoms with E-state index >= 15 is 0 Å². The number of carbonyl (C=O) groups excluding carboxylic acids is 6. The van der Waals surface area contributed by atoms with Gasteiger partial charge in [0.05, 0.1) is 46.5 Å². The van der Waals surface area contributed by atoms with E-state index in [0.29, 0.717) is 11.6 Å². The molecule has 0 unspecified atom stereocenters. The molecule has 5 aromatic rings. The van der Waals surface area contributed by atoms with Crippen LogP contribution < -0.4 is 0 Å². The van der Waals surface area contributed by atoms with Gasteiger partial charge in [0.25, 0.3) is 35.4 Å². The normalized spacial score (nSPS) is 14.5. The highest BCUT2D eigenvalue weighted by Crippen LogP contribution is 2.27. The number of fused-ring (bicyclic) bond motifs is 3. The first-order valence-electron chi connectivity index (χ1n) is 16.4. The number of hydrogen-bond acceptors (Lipinski definition) is 14. The van der Waals surface area contributed by atoms with Crippen molar-refractivity contribution in [3.8, 4) is 0 Å². The minimum absolute atomic E-state index is 0. The van der Waals surface area contributed by atoms with Crippen LogP contribution in [0.2, 0.25) is 0 Å².